The van der Waals surface area contributed by atoms with Crippen LogP contribution in [0.5, 0.6) is 11.6 Å². The number of aliphatic carboxylic acids is 1. The first-order chi connectivity index (χ1) is 9.15. The number of halogens is 1. The minimum atomic E-state index is -1.01. The van der Waals surface area contributed by atoms with Crippen LogP contribution in [0.1, 0.15) is 5.56 Å². The third-order valence-corrected chi connectivity index (χ3v) is 2.89. The fraction of sp³-hybridized carbons (Fsp3) is 0. The van der Waals surface area contributed by atoms with Crippen molar-refractivity contribution in [3.63, 3.8) is 0 Å². The van der Waals surface area contributed by atoms with Crippen LogP contribution in [0, 0.1) is 3.57 Å². The van der Waals surface area contributed by atoms with Crippen LogP contribution in [0.15, 0.2) is 48.7 Å². The molecule has 2 aromatic rings. The lowest BCUT2D eigenvalue weighted by Gasteiger charge is -2.07. The number of hydrogen-bond donors (Lipinski definition) is 1. The third-order valence-electron chi connectivity index (χ3n) is 2.22. The first kappa shape index (κ1) is 13.5. The van der Waals surface area contributed by atoms with Crippen LogP contribution in [-0.4, -0.2) is 16.1 Å². The van der Waals surface area contributed by atoms with Gasteiger partial charge in [-0.3, -0.25) is 0 Å². The number of hydrogen-bond acceptors (Lipinski definition) is 3. The van der Waals surface area contributed by atoms with Gasteiger partial charge in [-0.25, -0.2) is 9.78 Å². The maximum absolute atomic E-state index is 10.5. The molecule has 0 aliphatic rings. The monoisotopic (exact) mass is 367 g/mol. The van der Waals surface area contributed by atoms with Gasteiger partial charge in [0.1, 0.15) is 5.75 Å². The van der Waals surface area contributed by atoms with E-state index >= 15 is 0 Å². The summed E-state index contributed by atoms with van der Waals surface area (Å²) in [6.07, 6.45) is 4.11. The number of aromatic nitrogens is 1. The molecule has 0 unspecified atom stereocenters. The van der Waals surface area contributed by atoms with E-state index in [9.17, 15) is 4.79 Å². The molecule has 0 radical (unpaired) electrons. The molecule has 0 atom stereocenters. The highest BCUT2D eigenvalue weighted by Crippen LogP contribution is 2.24. The van der Waals surface area contributed by atoms with E-state index in [-0.39, 0.29) is 0 Å². The number of ether oxygens (including phenoxy) is 1. The molecular weight excluding hydrogens is 357 g/mol. The second-order valence-corrected chi connectivity index (χ2v) is 4.87. The zero-order valence-electron chi connectivity index (χ0n) is 9.79. The largest absolute Gasteiger partial charge is 0.478 e. The lowest BCUT2D eigenvalue weighted by atomic mass is 10.2. The van der Waals surface area contributed by atoms with E-state index in [1.54, 1.807) is 18.3 Å². The van der Waals surface area contributed by atoms with Crippen molar-refractivity contribution < 1.29 is 14.6 Å². The quantitative estimate of drug-likeness (QED) is 0.663. The molecule has 2 rings (SSSR count). The summed E-state index contributed by atoms with van der Waals surface area (Å²) in [5.41, 5.74) is 0.615. The van der Waals surface area contributed by atoms with Crippen molar-refractivity contribution >= 4 is 34.6 Å². The summed E-state index contributed by atoms with van der Waals surface area (Å²) in [4.78, 5) is 14.7. The van der Waals surface area contributed by atoms with Crippen molar-refractivity contribution in [3.05, 3.63) is 57.8 Å². The fourth-order valence-corrected chi connectivity index (χ4v) is 1.93. The van der Waals surface area contributed by atoms with E-state index in [1.165, 1.54) is 6.08 Å². The molecule has 0 fully saturated rings. The normalized spacial score (nSPS) is 10.6. The Morgan fingerprint density at radius 1 is 1.32 bits per heavy atom. The summed E-state index contributed by atoms with van der Waals surface area (Å²) >= 11 is 2.19. The molecule has 1 aromatic carbocycles. The maximum atomic E-state index is 10.5. The third kappa shape index (κ3) is 4.06. The predicted molar refractivity (Wildman–Crippen MR) is 80.1 cm³/mol. The average molecular weight is 367 g/mol. The van der Waals surface area contributed by atoms with Gasteiger partial charge < -0.3 is 9.84 Å². The molecular formula is C14H10INO3. The van der Waals surface area contributed by atoms with Gasteiger partial charge in [0.05, 0.1) is 0 Å². The Kier molecular flexibility index (Phi) is 4.51. The maximum Gasteiger partial charge on any atom is 0.328 e. The lowest BCUT2D eigenvalue weighted by molar-refractivity contribution is -0.131. The van der Waals surface area contributed by atoms with Crippen LogP contribution < -0.4 is 4.74 Å². The van der Waals surface area contributed by atoms with Gasteiger partial charge in [0.2, 0.25) is 5.88 Å². The summed E-state index contributed by atoms with van der Waals surface area (Å²) < 4.78 is 6.71. The van der Waals surface area contributed by atoms with E-state index in [1.807, 2.05) is 24.3 Å². The lowest BCUT2D eigenvalue weighted by Crippen LogP contribution is -1.92. The van der Waals surface area contributed by atoms with Crippen molar-refractivity contribution in [2.45, 2.75) is 0 Å². The van der Waals surface area contributed by atoms with E-state index in [0.717, 1.165) is 9.65 Å². The topological polar surface area (TPSA) is 59.4 Å². The second-order valence-electron chi connectivity index (χ2n) is 3.63. The number of nitrogens with zero attached hydrogens (tertiary/aromatic N) is 1. The Morgan fingerprint density at radius 2 is 2.16 bits per heavy atom. The van der Waals surface area contributed by atoms with Crippen molar-refractivity contribution in [1.82, 2.24) is 4.98 Å². The molecule has 0 saturated carbocycles. The summed E-state index contributed by atoms with van der Waals surface area (Å²) in [5, 5.41) is 8.64. The van der Waals surface area contributed by atoms with Crippen molar-refractivity contribution in [1.29, 1.82) is 0 Å². The van der Waals surface area contributed by atoms with Crippen LogP contribution in [0.4, 0.5) is 0 Å². The first-order valence-electron chi connectivity index (χ1n) is 5.44. The van der Waals surface area contributed by atoms with Crippen LogP contribution >= 0.6 is 22.6 Å². The average Bonchev–Trinajstić information content (AvgIpc) is 2.38. The predicted octanol–water partition coefficient (Wildman–Crippen LogP) is 3.58. The minimum Gasteiger partial charge on any atom is -0.478 e. The van der Waals surface area contributed by atoms with Gasteiger partial charge in [0.15, 0.2) is 0 Å². The number of carboxylic acids is 1. The van der Waals surface area contributed by atoms with Crippen molar-refractivity contribution in [3.8, 4) is 11.6 Å². The first-order valence-corrected chi connectivity index (χ1v) is 6.52. The Hall–Kier alpha value is -1.89. The molecule has 0 amide bonds. The molecule has 5 heteroatoms. The Morgan fingerprint density at radius 3 is 2.89 bits per heavy atom. The van der Waals surface area contributed by atoms with Crippen LogP contribution in [0.2, 0.25) is 0 Å². The zero-order chi connectivity index (χ0) is 13.7. The summed E-state index contributed by atoms with van der Waals surface area (Å²) in [6.45, 7) is 0. The highest BCUT2D eigenvalue weighted by Gasteiger charge is 2.04. The van der Waals surface area contributed by atoms with E-state index in [4.69, 9.17) is 9.84 Å². The fourth-order valence-electron chi connectivity index (χ4n) is 1.42. The molecule has 0 aliphatic carbocycles. The Balaban J connectivity index is 2.27. The molecule has 0 bridgehead atoms. The van der Waals surface area contributed by atoms with E-state index in [2.05, 4.69) is 27.6 Å². The van der Waals surface area contributed by atoms with Crippen LogP contribution in [-0.2, 0) is 4.79 Å². The van der Waals surface area contributed by atoms with Gasteiger partial charge in [-0.15, -0.1) is 0 Å². The van der Waals surface area contributed by atoms with E-state index < -0.39 is 5.97 Å². The number of pyridine rings is 1. The van der Waals surface area contributed by atoms with Gasteiger partial charge in [-0.05, 0) is 59.0 Å². The summed E-state index contributed by atoms with van der Waals surface area (Å²) in [6, 6.07) is 11.0. The Bertz CT molecular complexity index is 626. The number of rotatable bonds is 4. The van der Waals surface area contributed by atoms with Crippen molar-refractivity contribution in [2.24, 2.45) is 0 Å². The van der Waals surface area contributed by atoms with Gasteiger partial charge in [0, 0.05) is 21.4 Å². The summed E-state index contributed by atoms with van der Waals surface area (Å²) in [5.74, 6) is 0.0293. The number of benzene rings is 1. The molecule has 0 spiro atoms. The molecule has 1 heterocycles. The standard InChI is InChI=1S/C14H10INO3/c15-11-4-1-5-12(9-11)19-14-10(3-2-8-16-14)6-7-13(17)18/h1-9H,(H,17,18)/b7-6+. The van der Waals surface area contributed by atoms with Gasteiger partial charge >= 0.3 is 5.97 Å². The van der Waals surface area contributed by atoms with Gasteiger partial charge in [-0.2, -0.15) is 0 Å². The highest BCUT2D eigenvalue weighted by atomic mass is 127. The van der Waals surface area contributed by atoms with Gasteiger partial charge in [-0.1, -0.05) is 6.07 Å². The molecule has 0 aliphatic heterocycles. The number of carbonyl (C=O) groups is 1. The van der Waals surface area contributed by atoms with Crippen molar-refractivity contribution in [2.75, 3.05) is 0 Å². The summed E-state index contributed by atoms with van der Waals surface area (Å²) in [7, 11) is 0. The molecule has 0 saturated heterocycles. The zero-order valence-corrected chi connectivity index (χ0v) is 11.9. The van der Waals surface area contributed by atoms with Gasteiger partial charge in [0.25, 0.3) is 0 Å². The smallest absolute Gasteiger partial charge is 0.328 e. The van der Waals surface area contributed by atoms with E-state index in [0.29, 0.717) is 17.2 Å². The highest BCUT2D eigenvalue weighted by molar-refractivity contribution is 14.1. The SMILES string of the molecule is O=C(O)/C=C/c1cccnc1Oc1cccc(I)c1. The Labute approximate surface area is 123 Å². The minimum absolute atomic E-state index is 0.377. The molecule has 1 aromatic heterocycles. The van der Waals surface area contributed by atoms with Crippen LogP contribution in [0.3, 0.4) is 0 Å². The number of carboxylic acid groups (broad SMARTS) is 1. The molecule has 4 nitrogen and oxygen atoms in total. The second kappa shape index (κ2) is 6.33. The molecule has 1 N–H and O–H groups in total. The molecule has 96 valence electrons. The molecule has 19 heavy (non-hydrogen) atoms. The van der Waals surface area contributed by atoms with Crippen LogP contribution in [0.25, 0.3) is 6.08 Å².